The van der Waals surface area contributed by atoms with Gasteiger partial charge in [-0.25, -0.2) is 8.78 Å². The van der Waals surface area contributed by atoms with Crippen LogP contribution in [0.1, 0.15) is 31.2 Å². The van der Waals surface area contributed by atoms with E-state index in [0.717, 1.165) is 31.7 Å². The van der Waals surface area contributed by atoms with Gasteiger partial charge in [-0.2, -0.15) is 0 Å². The molecule has 0 amide bonds. The van der Waals surface area contributed by atoms with E-state index in [1.807, 2.05) is 6.08 Å². The summed E-state index contributed by atoms with van der Waals surface area (Å²) in [6.45, 7) is 0. The molecule has 0 fully saturated rings. The van der Waals surface area contributed by atoms with Crippen molar-refractivity contribution in [3.8, 4) is 0 Å². The highest BCUT2D eigenvalue weighted by Gasteiger charge is 2.11. The molecule has 0 saturated heterocycles. The van der Waals surface area contributed by atoms with Crippen molar-refractivity contribution in [1.29, 1.82) is 0 Å². The Bertz CT molecular complexity index is 426. The zero-order chi connectivity index (χ0) is 12.3. The van der Waals surface area contributed by atoms with Gasteiger partial charge in [0.2, 0.25) is 0 Å². The number of allylic oxidation sites excluding steroid dienone is 1. The molecule has 1 nitrogen and oxygen atoms in total. The number of benzene rings is 1. The number of hydrogen-bond acceptors (Lipinski definition) is 1. The molecular formula is C14H17F2N. The highest BCUT2D eigenvalue weighted by Crippen LogP contribution is 2.22. The highest BCUT2D eigenvalue weighted by molar-refractivity contribution is 5.25. The molecule has 1 unspecified atom stereocenters. The van der Waals surface area contributed by atoms with Gasteiger partial charge in [-0.05, 0) is 37.3 Å². The Kier molecular flexibility index (Phi) is 3.89. The first-order chi connectivity index (χ1) is 8.15. The van der Waals surface area contributed by atoms with Crippen LogP contribution in [-0.2, 0) is 6.42 Å². The summed E-state index contributed by atoms with van der Waals surface area (Å²) in [4.78, 5) is 0. The molecule has 0 bridgehead atoms. The molecule has 0 heterocycles. The van der Waals surface area contributed by atoms with E-state index in [1.165, 1.54) is 17.7 Å². The molecule has 1 aromatic rings. The van der Waals surface area contributed by atoms with Crippen molar-refractivity contribution in [2.24, 2.45) is 5.73 Å². The fourth-order valence-electron chi connectivity index (χ4n) is 2.26. The van der Waals surface area contributed by atoms with Crippen LogP contribution in [0, 0.1) is 11.6 Å². The second-order valence-electron chi connectivity index (χ2n) is 4.65. The van der Waals surface area contributed by atoms with Crippen molar-refractivity contribution >= 4 is 0 Å². The lowest BCUT2D eigenvalue weighted by atomic mass is 10.0. The van der Waals surface area contributed by atoms with Gasteiger partial charge >= 0.3 is 0 Å². The second-order valence-corrected chi connectivity index (χ2v) is 4.65. The third-order valence-corrected chi connectivity index (χ3v) is 3.17. The average molecular weight is 237 g/mol. The molecule has 1 aliphatic rings. The molecule has 0 spiro atoms. The Morgan fingerprint density at radius 1 is 1.24 bits per heavy atom. The van der Waals surface area contributed by atoms with Gasteiger partial charge in [-0.15, -0.1) is 0 Å². The van der Waals surface area contributed by atoms with Gasteiger partial charge in [0, 0.05) is 12.1 Å². The molecule has 1 aliphatic carbocycles. The van der Waals surface area contributed by atoms with Crippen LogP contribution in [0.4, 0.5) is 8.78 Å². The molecular weight excluding hydrogens is 220 g/mol. The predicted octanol–water partition coefficient (Wildman–Crippen LogP) is 3.34. The molecule has 2 rings (SSSR count). The Morgan fingerprint density at radius 3 is 2.82 bits per heavy atom. The third kappa shape index (κ3) is 3.37. The monoisotopic (exact) mass is 237 g/mol. The highest BCUT2D eigenvalue weighted by atomic mass is 19.1. The Labute approximate surface area is 100 Å². The minimum atomic E-state index is -0.530. The lowest BCUT2D eigenvalue weighted by Crippen LogP contribution is -2.16. The molecule has 0 aromatic heterocycles. The van der Waals surface area contributed by atoms with E-state index in [-0.39, 0.29) is 6.04 Å². The molecule has 92 valence electrons. The van der Waals surface area contributed by atoms with E-state index in [2.05, 4.69) is 0 Å². The number of nitrogens with two attached hydrogens (primary N) is 1. The van der Waals surface area contributed by atoms with Crippen LogP contribution in [-0.4, -0.2) is 6.04 Å². The Balaban J connectivity index is 2.14. The lowest BCUT2D eigenvalue weighted by Gasteiger charge is -2.08. The van der Waals surface area contributed by atoms with E-state index in [1.54, 1.807) is 0 Å². The number of rotatable bonds is 2. The van der Waals surface area contributed by atoms with Gasteiger partial charge in [0.05, 0.1) is 0 Å². The zero-order valence-electron chi connectivity index (χ0n) is 9.76. The minimum absolute atomic E-state index is 0.0796. The van der Waals surface area contributed by atoms with Crippen LogP contribution in [0.15, 0.2) is 29.8 Å². The molecule has 3 heteroatoms. The summed E-state index contributed by atoms with van der Waals surface area (Å²) in [6.07, 6.45) is 6.75. The minimum Gasteiger partial charge on any atom is -0.324 e. The van der Waals surface area contributed by atoms with Gasteiger partial charge in [0.1, 0.15) is 11.6 Å². The molecule has 17 heavy (non-hydrogen) atoms. The second kappa shape index (κ2) is 5.41. The van der Waals surface area contributed by atoms with Crippen LogP contribution >= 0.6 is 0 Å². The number of halogens is 2. The van der Waals surface area contributed by atoms with Gasteiger partial charge in [0.15, 0.2) is 0 Å². The van der Waals surface area contributed by atoms with Crippen LogP contribution < -0.4 is 5.73 Å². The van der Waals surface area contributed by atoms with Crippen molar-refractivity contribution in [2.45, 2.75) is 38.1 Å². The summed E-state index contributed by atoms with van der Waals surface area (Å²) in [6, 6.07) is 3.83. The normalized spacial score (nSPS) is 20.9. The first-order valence-electron chi connectivity index (χ1n) is 6.04. The maximum atomic E-state index is 13.5. The Hall–Kier alpha value is -1.22. The topological polar surface area (TPSA) is 26.0 Å². The predicted molar refractivity (Wildman–Crippen MR) is 64.6 cm³/mol. The van der Waals surface area contributed by atoms with Gasteiger partial charge < -0.3 is 5.73 Å². The smallest absolute Gasteiger partial charge is 0.129 e. The van der Waals surface area contributed by atoms with Crippen molar-refractivity contribution in [1.82, 2.24) is 0 Å². The summed E-state index contributed by atoms with van der Waals surface area (Å²) < 4.78 is 26.3. The van der Waals surface area contributed by atoms with Crippen molar-refractivity contribution in [2.75, 3.05) is 0 Å². The van der Waals surface area contributed by atoms with Gasteiger partial charge in [-0.1, -0.05) is 24.1 Å². The van der Waals surface area contributed by atoms with E-state index in [0.29, 0.717) is 12.0 Å². The summed E-state index contributed by atoms with van der Waals surface area (Å²) in [5.74, 6) is -0.999. The quantitative estimate of drug-likeness (QED) is 0.784. The van der Waals surface area contributed by atoms with E-state index in [4.69, 9.17) is 5.73 Å². The Morgan fingerprint density at radius 2 is 2.06 bits per heavy atom. The summed E-state index contributed by atoms with van der Waals surface area (Å²) in [5.41, 5.74) is 7.63. The maximum absolute atomic E-state index is 13.5. The average Bonchev–Trinajstić information content (AvgIpc) is 2.47. The van der Waals surface area contributed by atoms with E-state index >= 15 is 0 Å². The summed E-state index contributed by atoms with van der Waals surface area (Å²) >= 11 is 0. The largest absolute Gasteiger partial charge is 0.324 e. The van der Waals surface area contributed by atoms with Gasteiger partial charge in [0.25, 0.3) is 0 Å². The summed E-state index contributed by atoms with van der Waals surface area (Å²) in [5, 5.41) is 0. The fourth-order valence-corrected chi connectivity index (χ4v) is 2.26. The van der Waals surface area contributed by atoms with Crippen molar-refractivity contribution in [3.05, 3.63) is 47.0 Å². The van der Waals surface area contributed by atoms with Gasteiger partial charge in [-0.3, -0.25) is 0 Å². The molecule has 0 radical (unpaired) electrons. The van der Waals surface area contributed by atoms with Crippen LogP contribution in [0.3, 0.4) is 0 Å². The molecule has 1 aromatic carbocycles. The number of hydrogen-bond donors (Lipinski definition) is 1. The maximum Gasteiger partial charge on any atom is 0.129 e. The molecule has 1 atom stereocenters. The van der Waals surface area contributed by atoms with E-state index < -0.39 is 11.6 Å². The SMILES string of the molecule is NC1C=C(Cc2ccc(F)cc2F)CCCC1. The first-order valence-corrected chi connectivity index (χ1v) is 6.04. The lowest BCUT2D eigenvalue weighted by molar-refractivity contribution is 0.573. The molecule has 0 aliphatic heterocycles. The van der Waals surface area contributed by atoms with Crippen LogP contribution in [0.5, 0.6) is 0 Å². The van der Waals surface area contributed by atoms with Crippen LogP contribution in [0.2, 0.25) is 0 Å². The van der Waals surface area contributed by atoms with Crippen LogP contribution in [0.25, 0.3) is 0 Å². The van der Waals surface area contributed by atoms with Crippen molar-refractivity contribution in [3.63, 3.8) is 0 Å². The van der Waals surface area contributed by atoms with Crippen molar-refractivity contribution < 1.29 is 8.78 Å². The van der Waals surface area contributed by atoms with E-state index in [9.17, 15) is 8.78 Å². The fraction of sp³-hybridized carbons (Fsp3) is 0.429. The molecule has 2 N–H and O–H groups in total. The summed E-state index contributed by atoms with van der Waals surface area (Å²) in [7, 11) is 0. The third-order valence-electron chi connectivity index (χ3n) is 3.17. The zero-order valence-corrected chi connectivity index (χ0v) is 9.76. The first kappa shape index (κ1) is 12.2. The standard InChI is InChI=1S/C14H17F2N/c15-12-6-5-11(14(16)9-12)7-10-3-1-2-4-13(17)8-10/h5-6,8-9,13H,1-4,7,17H2. The molecule has 0 saturated carbocycles.